The van der Waals surface area contributed by atoms with Gasteiger partial charge in [0.05, 0.1) is 12.2 Å². The Labute approximate surface area is 140 Å². The van der Waals surface area contributed by atoms with Crippen LogP contribution in [0.2, 0.25) is 6.55 Å². The number of hydrogen-bond acceptors (Lipinski definition) is 3. The molecule has 0 spiro atoms. The van der Waals surface area contributed by atoms with Gasteiger partial charge >= 0.3 is 5.97 Å². The van der Waals surface area contributed by atoms with E-state index in [2.05, 4.69) is 26.6 Å². The molecule has 0 fully saturated rings. The number of rotatable bonds is 11. The Hall–Kier alpha value is -1.65. The van der Waals surface area contributed by atoms with Gasteiger partial charge in [0.25, 0.3) is 0 Å². The van der Waals surface area contributed by atoms with Crippen molar-refractivity contribution in [3.63, 3.8) is 0 Å². The molecule has 0 atom stereocenters. The molecular formula is C19H28O3Si. The average Bonchev–Trinajstić information content (AvgIpc) is 2.60. The van der Waals surface area contributed by atoms with Gasteiger partial charge in [0, 0.05) is 0 Å². The third-order valence-electron chi connectivity index (χ3n) is 4.06. The highest BCUT2D eigenvalue weighted by Gasteiger charge is 2.22. The summed E-state index contributed by atoms with van der Waals surface area (Å²) in [5.41, 5.74) is 4.42. The highest BCUT2D eigenvalue weighted by molar-refractivity contribution is 6.98. The zero-order valence-corrected chi connectivity index (χ0v) is 15.3. The van der Waals surface area contributed by atoms with Crippen molar-refractivity contribution in [1.29, 1.82) is 0 Å². The molecule has 0 heterocycles. The van der Waals surface area contributed by atoms with E-state index in [9.17, 15) is 4.79 Å². The van der Waals surface area contributed by atoms with Gasteiger partial charge in [0.15, 0.2) is 0 Å². The normalized spacial score (nSPS) is 11.0. The fraction of sp³-hybridized carbons (Fsp3) is 0.421. The molecular weight excluding hydrogens is 304 g/mol. The van der Waals surface area contributed by atoms with Crippen LogP contribution in [0.3, 0.4) is 0 Å². The Bertz CT molecular complexity index is 500. The van der Waals surface area contributed by atoms with Crippen molar-refractivity contribution >= 4 is 19.2 Å². The molecule has 3 nitrogen and oxygen atoms in total. The van der Waals surface area contributed by atoms with Gasteiger partial charge in [-0.05, 0) is 18.6 Å². The summed E-state index contributed by atoms with van der Waals surface area (Å²) in [6, 6.07) is 7.41. The molecule has 0 aliphatic carbocycles. The van der Waals surface area contributed by atoms with E-state index in [0.717, 1.165) is 18.0 Å². The number of benzene rings is 1. The van der Waals surface area contributed by atoms with Crippen LogP contribution in [0, 0.1) is 0 Å². The quantitative estimate of drug-likeness (QED) is 0.259. The van der Waals surface area contributed by atoms with Crippen molar-refractivity contribution < 1.29 is 14.6 Å². The van der Waals surface area contributed by atoms with E-state index >= 15 is 0 Å². The van der Waals surface area contributed by atoms with Crippen molar-refractivity contribution in [1.82, 2.24) is 0 Å². The Morgan fingerprint density at radius 1 is 1.09 bits per heavy atom. The van der Waals surface area contributed by atoms with Gasteiger partial charge < -0.3 is 0 Å². The first kappa shape index (κ1) is 19.4. The van der Waals surface area contributed by atoms with Crippen molar-refractivity contribution in [2.75, 3.05) is 6.61 Å². The summed E-state index contributed by atoms with van der Waals surface area (Å²) >= 11 is 0. The van der Waals surface area contributed by atoms with Crippen LogP contribution in [-0.4, -0.2) is 20.7 Å². The minimum Gasteiger partial charge on any atom is -0.293 e. The molecule has 0 saturated carbocycles. The average molecular weight is 333 g/mol. The summed E-state index contributed by atoms with van der Waals surface area (Å²) in [6.45, 7) is 12.6. The van der Waals surface area contributed by atoms with Crippen LogP contribution in [0.25, 0.3) is 0 Å². The van der Waals surface area contributed by atoms with Crippen LogP contribution < -0.4 is 5.19 Å². The van der Waals surface area contributed by atoms with Crippen molar-refractivity contribution in [3.05, 3.63) is 54.4 Å². The van der Waals surface area contributed by atoms with Gasteiger partial charge in [-0.1, -0.05) is 67.9 Å². The summed E-state index contributed by atoms with van der Waals surface area (Å²) in [5, 5.41) is 1.16. The van der Waals surface area contributed by atoms with E-state index in [-0.39, 0.29) is 0 Å². The van der Waals surface area contributed by atoms with E-state index in [4.69, 9.17) is 9.78 Å². The Morgan fingerprint density at radius 3 is 2.26 bits per heavy atom. The highest BCUT2D eigenvalue weighted by atomic mass is 28.3. The zero-order valence-electron chi connectivity index (χ0n) is 14.3. The van der Waals surface area contributed by atoms with Gasteiger partial charge in [0.1, 0.15) is 8.07 Å². The third kappa shape index (κ3) is 6.16. The number of hydrogen-bond donors (Lipinski definition) is 0. The fourth-order valence-electron chi connectivity index (χ4n) is 2.19. The smallest absolute Gasteiger partial charge is 0.293 e. The van der Waals surface area contributed by atoms with Gasteiger partial charge in [-0.25, -0.2) is 4.79 Å². The SMILES string of the molecule is C=C[Si](C)(C=C)c1ccc(C(=O)OOCCCCCCC)cc1. The molecule has 0 aliphatic rings. The predicted molar refractivity (Wildman–Crippen MR) is 98.2 cm³/mol. The molecule has 4 heteroatoms. The van der Waals surface area contributed by atoms with E-state index in [1.807, 2.05) is 23.5 Å². The second kappa shape index (κ2) is 10.2. The van der Waals surface area contributed by atoms with Gasteiger partial charge in [-0.3, -0.25) is 4.89 Å². The lowest BCUT2D eigenvalue weighted by Crippen LogP contribution is -2.40. The molecule has 0 N–H and O–H groups in total. The molecule has 1 rings (SSSR count). The Morgan fingerprint density at radius 2 is 1.70 bits per heavy atom. The minimum absolute atomic E-state index is 0.450. The lowest BCUT2D eigenvalue weighted by Gasteiger charge is -2.19. The largest absolute Gasteiger partial charge is 0.373 e. The summed E-state index contributed by atoms with van der Waals surface area (Å²) in [6.07, 6.45) is 5.67. The van der Waals surface area contributed by atoms with Crippen LogP contribution in [0.1, 0.15) is 49.4 Å². The lowest BCUT2D eigenvalue weighted by atomic mass is 10.2. The standard InChI is InChI=1S/C19H28O3Si/c1-5-8-9-10-11-16-21-22-19(20)17-12-14-18(15-13-17)23(4,6-2)7-3/h6-7,12-15H,2-3,5,8-11,16H2,1,4H3. The van der Waals surface area contributed by atoms with Gasteiger partial charge in [0.2, 0.25) is 0 Å². The number of unbranched alkanes of at least 4 members (excludes halogenated alkanes) is 4. The van der Waals surface area contributed by atoms with Crippen LogP contribution in [0.4, 0.5) is 0 Å². The van der Waals surface area contributed by atoms with Gasteiger partial charge in [-0.2, -0.15) is 4.89 Å². The second-order valence-corrected chi connectivity index (χ2v) is 9.83. The van der Waals surface area contributed by atoms with Crippen LogP contribution >= 0.6 is 0 Å². The second-order valence-electron chi connectivity index (χ2n) is 5.88. The first-order valence-electron chi connectivity index (χ1n) is 8.29. The molecule has 23 heavy (non-hydrogen) atoms. The maximum atomic E-state index is 11.9. The summed E-state index contributed by atoms with van der Waals surface area (Å²) in [7, 11) is -1.83. The first-order chi connectivity index (χ1) is 11.1. The first-order valence-corrected chi connectivity index (χ1v) is 10.9. The predicted octanol–water partition coefficient (Wildman–Crippen LogP) is 4.48. The minimum atomic E-state index is -1.83. The maximum absolute atomic E-state index is 11.9. The molecule has 1 aromatic carbocycles. The molecule has 0 aromatic heterocycles. The fourth-order valence-corrected chi connectivity index (χ4v) is 3.72. The summed E-state index contributed by atoms with van der Waals surface area (Å²) in [4.78, 5) is 21.7. The summed E-state index contributed by atoms with van der Waals surface area (Å²) < 4.78 is 0. The molecule has 0 aliphatic heterocycles. The molecule has 0 saturated heterocycles. The van der Waals surface area contributed by atoms with Crippen molar-refractivity contribution in [3.8, 4) is 0 Å². The molecule has 0 radical (unpaired) electrons. The number of carbonyl (C=O) groups is 1. The highest BCUT2D eigenvalue weighted by Crippen LogP contribution is 2.09. The third-order valence-corrected chi connectivity index (χ3v) is 7.33. The van der Waals surface area contributed by atoms with Gasteiger partial charge in [-0.15, -0.1) is 13.2 Å². The summed E-state index contributed by atoms with van der Waals surface area (Å²) in [5.74, 6) is -0.453. The molecule has 0 bridgehead atoms. The zero-order chi connectivity index (χ0) is 17.1. The van der Waals surface area contributed by atoms with E-state index < -0.39 is 14.0 Å². The van der Waals surface area contributed by atoms with E-state index in [1.165, 1.54) is 19.3 Å². The molecule has 126 valence electrons. The molecule has 0 unspecified atom stereocenters. The molecule has 1 aromatic rings. The maximum Gasteiger partial charge on any atom is 0.373 e. The van der Waals surface area contributed by atoms with Crippen molar-refractivity contribution in [2.45, 2.75) is 45.6 Å². The van der Waals surface area contributed by atoms with Crippen LogP contribution in [0.5, 0.6) is 0 Å². The Balaban J connectivity index is 2.43. The monoisotopic (exact) mass is 332 g/mol. The van der Waals surface area contributed by atoms with E-state index in [1.54, 1.807) is 12.1 Å². The topological polar surface area (TPSA) is 35.5 Å². The number of carbonyl (C=O) groups excluding carboxylic acids is 1. The van der Waals surface area contributed by atoms with Crippen LogP contribution in [-0.2, 0) is 9.78 Å². The lowest BCUT2D eigenvalue weighted by molar-refractivity contribution is -0.241. The van der Waals surface area contributed by atoms with Crippen molar-refractivity contribution in [2.24, 2.45) is 0 Å². The van der Waals surface area contributed by atoms with Crippen LogP contribution in [0.15, 0.2) is 48.8 Å². The van der Waals surface area contributed by atoms with E-state index in [0.29, 0.717) is 12.2 Å². The Kier molecular flexibility index (Phi) is 8.59. The molecule has 0 amide bonds.